The van der Waals surface area contributed by atoms with Crippen LogP contribution in [0.2, 0.25) is 5.02 Å². The van der Waals surface area contributed by atoms with Crippen LogP contribution in [0.4, 0.5) is 0 Å². The molecule has 0 spiro atoms. The average Bonchev–Trinajstić information content (AvgIpc) is 2.44. The summed E-state index contributed by atoms with van der Waals surface area (Å²) in [5, 5.41) is 3.16. The van der Waals surface area contributed by atoms with E-state index in [0.717, 1.165) is 6.42 Å². The van der Waals surface area contributed by atoms with Crippen LogP contribution >= 0.6 is 24.0 Å². The molecule has 0 saturated carbocycles. The van der Waals surface area contributed by atoms with Crippen LogP contribution in [0.5, 0.6) is 11.5 Å². The maximum Gasteiger partial charge on any atom is 0.251 e. The van der Waals surface area contributed by atoms with Gasteiger partial charge in [-0.3, -0.25) is 4.79 Å². The molecule has 1 amide bonds. The van der Waals surface area contributed by atoms with Gasteiger partial charge in [0.2, 0.25) is 0 Å². The third-order valence-electron chi connectivity index (χ3n) is 2.83. The van der Waals surface area contributed by atoms with Crippen molar-refractivity contribution in [3.8, 4) is 11.5 Å². The van der Waals surface area contributed by atoms with Gasteiger partial charge >= 0.3 is 0 Å². The van der Waals surface area contributed by atoms with Gasteiger partial charge in [-0.15, -0.1) is 12.4 Å². The molecule has 0 radical (unpaired) electrons. The summed E-state index contributed by atoms with van der Waals surface area (Å²) in [4.78, 5) is 12.1. The van der Waals surface area contributed by atoms with E-state index in [1.807, 2.05) is 13.8 Å². The van der Waals surface area contributed by atoms with Gasteiger partial charge in [-0.2, -0.15) is 0 Å². The maximum absolute atomic E-state index is 12.1. The summed E-state index contributed by atoms with van der Waals surface area (Å²) in [5.41, 5.74) is 6.08. The van der Waals surface area contributed by atoms with Crippen molar-refractivity contribution >= 4 is 29.9 Å². The fourth-order valence-corrected chi connectivity index (χ4v) is 1.98. The third-order valence-corrected chi connectivity index (χ3v) is 3.11. The minimum atomic E-state index is -0.210. The quantitative estimate of drug-likeness (QED) is 0.755. The largest absolute Gasteiger partial charge is 0.493 e. The van der Waals surface area contributed by atoms with E-state index < -0.39 is 0 Å². The van der Waals surface area contributed by atoms with E-state index in [9.17, 15) is 4.79 Å². The molecule has 5 nitrogen and oxygen atoms in total. The minimum Gasteiger partial charge on any atom is -0.493 e. The van der Waals surface area contributed by atoms with Crippen molar-refractivity contribution in [2.45, 2.75) is 32.7 Å². The first-order valence-electron chi connectivity index (χ1n) is 7.03. The fraction of sp³-hybridized carbons (Fsp3) is 0.533. The summed E-state index contributed by atoms with van der Waals surface area (Å²) >= 11 is 6.17. The first-order chi connectivity index (χ1) is 9.99. The van der Waals surface area contributed by atoms with Gasteiger partial charge in [0.1, 0.15) is 0 Å². The molecule has 1 atom stereocenters. The molecule has 0 aliphatic heterocycles. The lowest BCUT2D eigenvalue weighted by Gasteiger charge is -2.14. The molecule has 0 fully saturated rings. The minimum absolute atomic E-state index is 0. The van der Waals surface area contributed by atoms with Crippen LogP contribution in [0, 0.1) is 0 Å². The Bertz CT molecular complexity index is 482. The molecule has 7 heteroatoms. The molecule has 1 aromatic rings. The van der Waals surface area contributed by atoms with Crippen molar-refractivity contribution in [1.29, 1.82) is 0 Å². The smallest absolute Gasteiger partial charge is 0.251 e. The van der Waals surface area contributed by atoms with Gasteiger partial charge in [0.15, 0.2) is 11.5 Å². The highest BCUT2D eigenvalue weighted by Gasteiger charge is 2.15. The lowest BCUT2D eigenvalue weighted by Crippen LogP contribution is -2.29. The van der Waals surface area contributed by atoms with Gasteiger partial charge in [0, 0.05) is 18.2 Å². The summed E-state index contributed by atoms with van der Waals surface area (Å²) in [6.45, 7) is 4.95. The monoisotopic (exact) mass is 350 g/mol. The third kappa shape index (κ3) is 6.30. The topological polar surface area (TPSA) is 73.6 Å². The van der Waals surface area contributed by atoms with Crippen LogP contribution < -0.4 is 20.5 Å². The van der Waals surface area contributed by atoms with Crippen molar-refractivity contribution in [1.82, 2.24) is 5.32 Å². The van der Waals surface area contributed by atoms with Crippen LogP contribution in [0.1, 0.15) is 37.0 Å². The summed E-state index contributed by atoms with van der Waals surface area (Å²) in [7, 11) is 1.52. The summed E-state index contributed by atoms with van der Waals surface area (Å²) < 4.78 is 10.8. The first kappa shape index (κ1) is 20.8. The number of hydrogen-bond acceptors (Lipinski definition) is 4. The number of carbonyl (C=O) groups excluding carboxylic acids is 1. The Kier molecular flexibility index (Phi) is 9.98. The van der Waals surface area contributed by atoms with Crippen LogP contribution in [0.3, 0.4) is 0 Å². The van der Waals surface area contributed by atoms with E-state index in [0.29, 0.717) is 41.7 Å². The number of amides is 1. The Labute approximate surface area is 142 Å². The molecular formula is C15H24Cl2N2O3. The predicted molar refractivity (Wildman–Crippen MR) is 91.6 cm³/mol. The van der Waals surface area contributed by atoms with E-state index in [4.69, 9.17) is 26.8 Å². The number of carbonyl (C=O) groups is 1. The van der Waals surface area contributed by atoms with Gasteiger partial charge in [-0.1, -0.05) is 18.5 Å². The highest BCUT2D eigenvalue weighted by molar-refractivity contribution is 6.32. The number of halogens is 2. The number of ether oxygens (including phenoxy) is 2. The molecule has 126 valence electrons. The van der Waals surface area contributed by atoms with E-state index in [2.05, 4.69) is 5.32 Å². The number of nitrogens with two attached hydrogens (primary N) is 1. The second-order valence-corrected chi connectivity index (χ2v) is 5.27. The van der Waals surface area contributed by atoms with Crippen molar-refractivity contribution in [2.24, 2.45) is 5.73 Å². The van der Waals surface area contributed by atoms with E-state index in [-0.39, 0.29) is 24.4 Å². The van der Waals surface area contributed by atoms with Crippen molar-refractivity contribution in [2.75, 3.05) is 20.3 Å². The Balaban J connectivity index is 0.00000441. The first-order valence-corrected chi connectivity index (χ1v) is 7.41. The van der Waals surface area contributed by atoms with Crippen LogP contribution in [-0.4, -0.2) is 32.2 Å². The van der Waals surface area contributed by atoms with Crippen molar-refractivity contribution in [3.05, 3.63) is 22.7 Å². The zero-order valence-corrected chi connectivity index (χ0v) is 14.7. The van der Waals surface area contributed by atoms with Crippen molar-refractivity contribution < 1.29 is 14.3 Å². The lowest BCUT2D eigenvalue weighted by atomic mass is 10.1. The second-order valence-electron chi connectivity index (χ2n) is 4.86. The summed E-state index contributed by atoms with van der Waals surface area (Å²) in [5.74, 6) is 0.708. The molecule has 0 heterocycles. The predicted octanol–water partition coefficient (Wildman–Crippen LogP) is 3.03. The Hall–Kier alpha value is -1.17. The molecule has 1 aromatic carbocycles. The number of benzene rings is 1. The molecular weight excluding hydrogens is 327 g/mol. The Morgan fingerprint density at radius 3 is 2.68 bits per heavy atom. The maximum atomic E-state index is 12.1. The van der Waals surface area contributed by atoms with Crippen molar-refractivity contribution in [3.63, 3.8) is 0 Å². The van der Waals surface area contributed by atoms with Gasteiger partial charge < -0.3 is 20.5 Å². The highest BCUT2D eigenvalue weighted by Crippen LogP contribution is 2.36. The fourth-order valence-electron chi connectivity index (χ4n) is 1.71. The lowest BCUT2D eigenvalue weighted by molar-refractivity contribution is 0.0952. The van der Waals surface area contributed by atoms with Gasteiger partial charge in [-0.05, 0) is 31.9 Å². The number of hydrogen-bond donors (Lipinski definition) is 2. The summed E-state index contributed by atoms with van der Waals surface area (Å²) in [6, 6.07) is 3.25. The molecule has 0 aliphatic carbocycles. The number of rotatable bonds is 8. The van der Waals surface area contributed by atoms with Gasteiger partial charge in [-0.25, -0.2) is 0 Å². The molecule has 0 bridgehead atoms. The molecule has 3 N–H and O–H groups in total. The van der Waals surface area contributed by atoms with Crippen LogP contribution in [-0.2, 0) is 0 Å². The van der Waals surface area contributed by atoms with E-state index in [1.165, 1.54) is 7.11 Å². The van der Waals surface area contributed by atoms with Gasteiger partial charge in [0.25, 0.3) is 5.91 Å². The highest BCUT2D eigenvalue weighted by atomic mass is 35.5. The number of nitrogens with one attached hydrogen (secondary N) is 1. The van der Waals surface area contributed by atoms with E-state index >= 15 is 0 Å². The molecule has 22 heavy (non-hydrogen) atoms. The Morgan fingerprint density at radius 1 is 1.45 bits per heavy atom. The standard InChI is InChI=1S/C15H23ClN2O3.ClH/c1-4-7-21-14-12(16)8-11(9-13(14)20-3)15(19)18-6-5-10(2)17;/h8-10H,4-7,17H2,1-3H3,(H,18,19);1H. The number of methoxy groups -OCH3 is 1. The molecule has 1 rings (SSSR count). The molecule has 0 saturated heterocycles. The second kappa shape index (κ2) is 10.5. The normalized spacial score (nSPS) is 11.3. The Morgan fingerprint density at radius 2 is 2.14 bits per heavy atom. The average molecular weight is 351 g/mol. The molecule has 1 unspecified atom stereocenters. The zero-order chi connectivity index (χ0) is 15.8. The SMILES string of the molecule is CCCOc1c(Cl)cc(C(=O)NCCC(C)N)cc1OC.Cl. The summed E-state index contributed by atoms with van der Waals surface area (Å²) in [6.07, 6.45) is 1.58. The zero-order valence-electron chi connectivity index (χ0n) is 13.1. The molecule has 0 aliphatic rings. The van der Waals surface area contributed by atoms with E-state index in [1.54, 1.807) is 12.1 Å². The van der Waals surface area contributed by atoms with Crippen LogP contribution in [0.15, 0.2) is 12.1 Å². The molecule has 0 aromatic heterocycles. The van der Waals surface area contributed by atoms with Crippen LogP contribution in [0.25, 0.3) is 0 Å². The van der Waals surface area contributed by atoms with Gasteiger partial charge in [0.05, 0.1) is 18.7 Å².